The number of rotatable bonds is 1. The van der Waals surface area contributed by atoms with Crippen LogP contribution in [0.5, 0.6) is 0 Å². The van der Waals surface area contributed by atoms with Crippen molar-refractivity contribution in [1.29, 1.82) is 0 Å². The molecule has 0 aromatic rings. The lowest BCUT2D eigenvalue weighted by molar-refractivity contribution is 0.400. The third-order valence-corrected chi connectivity index (χ3v) is 3.06. The van der Waals surface area contributed by atoms with Crippen LogP contribution in [0.4, 0.5) is 4.39 Å². The van der Waals surface area contributed by atoms with Gasteiger partial charge >= 0.3 is 0 Å². The minimum atomic E-state index is -0.863. The van der Waals surface area contributed by atoms with E-state index in [0.29, 0.717) is 6.42 Å². The maximum absolute atomic E-state index is 12.9. The molecule has 1 aliphatic carbocycles. The molecule has 0 radical (unpaired) electrons. The first-order valence-electron chi connectivity index (χ1n) is 5.94. The maximum atomic E-state index is 12.9. The molecule has 1 unspecified atom stereocenters. The fraction of sp³-hybridized carbons (Fsp3) is 0.462. The number of nitrogens with zero attached hydrogens (tertiary/aromatic N) is 2. The van der Waals surface area contributed by atoms with Gasteiger partial charge in [0.25, 0.3) is 0 Å². The second kappa shape index (κ2) is 5.17. The van der Waals surface area contributed by atoms with Gasteiger partial charge in [0, 0.05) is 26.2 Å². The van der Waals surface area contributed by atoms with Crippen molar-refractivity contribution in [2.24, 2.45) is 10.7 Å². The molecule has 1 aliphatic heterocycles. The molecule has 0 amide bonds. The zero-order chi connectivity index (χ0) is 12.3. The van der Waals surface area contributed by atoms with E-state index < -0.39 is 6.17 Å². The van der Waals surface area contributed by atoms with Crippen molar-refractivity contribution in [2.75, 3.05) is 13.6 Å². The summed E-state index contributed by atoms with van der Waals surface area (Å²) in [7, 11) is 2.01. The van der Waals surface area contributed by atoms with Crippen LogP contribution in [-0.2, 0) is 0 Å². The van der Waals surface area contributed by atoms with E-state index in [0.717, 1.165) is 36.5 Å². The average molecular weight is 235 g/mol. The Hall–Kier alpha value is -1.58. The molecule has 3 nitrogen and oxygen atoms in total. The second-order valence-corrected chi connectivity index (χ2v) is 4.38. The summed E-state index contributed by atoms with van der Waals surface area (Å²) in [5, 5.41) is 0. The first kappa shape index (κ1) is 11.9. The number of allylic oxidation sites excluding steroid dienone is 4. The molecule has 92 valence electrons. The molecular weight excluding hydrogens is 217 g/mol. The van der Waals surface area contributed by atoms with Crippen LogP contribution in [0.15, 0.2) is 40.8 Å². The summed E-state index contributed by atoms with van der Waals surface area (Å²) < 4.78 is 12.9. The number of piperidine rings is 1. The zero-order valence-electron chi connectivity index (χ0n) is 10.1. The molecule has 2 rings (SSSR count). The van der Waals surface area contributed by atoms with Gasteiger partial charge in [-0.15, -0.1) is 0 Å². The Morgan fingerprint density at radius 1 is 1.59 bits per heavy atom. The van der Waals surface area contributed by atoms with Crippen LogP contribution in [0, 0.1) is 0 Å². The molecule has 1 heterocycles. The molecular formula is C13H18FN3. The predicted molar refractivity (Wildman–Crippen MR) is 68.3 cm³/mol. The second-order valence-electron chi connectivity index (χ2n) is 4.38. The quantitative estimate of drug-likeness (QED) is 0.756. The van der Waals surface area contributed by atoms with Gasteiger partial charge in [-0.1, -0.05) is 6.08 Å². The summed E-state index contributed by atoms with van der Waals surface area (Å²) in [5.74, 6) is 0. The first-order chi connectivity index (χ1) is 8.20. The summed E-state index contributed by atoms with van der Waals surface area (Å²) in [6.07, 6.45) is 8.29. The smallest absolute Gasteiger partial charge is 0.122 e. The zero-order valence-corrected chi connectivity index (χ0v) is 10.1. The molecule has 17 heavy (non-hydrogen) atoms. The Morgan fingerprint density at radius 2 is 2.41 bits per heavy atom. The standard InChI is InChI=1S/C13H18FN3/c1-17-8-2-3-12(13(17)9-15)16-11-6-4-10(14)5-7-11/h4,6-7,9-10H,2-3,5,8,15H2,1H3. The van der Waals surface area contributed by atoms with Gasteiger partial charge in [0.15, 0.2) is 0 Å². The molecule has 1 saturated heterocycles. The Bertz CT molecular complexity index is 407. The van der Waals surface area contributed by atoms with Crippen molar-refractivity contribution in [2.45, 2.75) is 25.4 Å². The fourth-order valence-corrected chi connectivity index (χ4v) is 2.11. The van der Waals surface area contributed by atoms with Crippen molar-refractivity contribution < 1.29 is 4.39 Å². The number of likely N-dealkylation sites (tertiary alicyclic amines) is 1. The molecule has 2 N–H and O–H groups in total. The van der Waals surface area contributed by atoms with E-state index in [1.54, 1.807) is 18.4 Å². The molecule has 4 heteroatoms. The lowest BCUT2D eigenvalue weighted by atomic mass is 10.1. The van der Waals surface area contributed by atoms with E-state index in [2.05, 4.69) is 9.89 Å². The highest BCUT2D eigenvalue weighted by atomic mass is 19.1. The topological polar surface area (TPSA) is 41.6 Å². The largest absolute Gasteiger partial charge is 0.403 e. The SMILES string of the molecule is CN1CCCC(=NC2=CCC(F)C=C2)C1=CN. The Balaban J connectivity index is 2.18. The van der Waals surface area contributed by atoms with Gasteiger partial charge in [0.2, 0.25) is 0 Å². The lowest BCUT2D eigenvalue weighted by Gasteiger charge is -2.28. The van der Waals surface area contributed by atoms with Gasteiger partial charge in [-0.05, 0) is 25.0 Å². The van der Waals surface area contributed by atoms with Crippen molar-refractivity contribution in [1.82, 2.24) is 4.90 Å². The van der Waals surface area contributed by atoms with E-state index in [1.165, 1.54) is 0 Å². The van der Waals surface area contributed by atoms with Gasteiger partial charge < -0.3 is 10.6 Å². The average Bonchev–Trinajstić information content (AvgIpc) is 2.32. The number of alkyl halides is 1. The molecule has 1 atom stereocenters. The molecule has 0 saturated carbocycles. The third-order valence-electron chi connectivity index (χ3n) is 3.06. The van der Waals surface area contributed by atoms with Gasteiger partial charge in [-0.3, -0.25) is 4.99 Å². The van der Waals surface area contributed by atoms with Crippen LogP contribution < -0.4 is 5.73 Å². The molecule has 0 aromatic heterocycles. The number of nitrogens with two attached hydrogens (primary N) is 1. The van der Waals surface area contributed by atoms with Crippen LogP contribution in [0.2, 0.25) is 0 Å². The highest BCUT2D eigenvalue weighted by molar-refractivity contribution is 6.00. The van der Waals surface area contributed by atoms with Crippen molar-refractivity contribution >= 4 is 5.71 Å². The van der Waals surface area contributed by atoms with Gasteiger partial charge in [0.05, 0.1) is 17.1 Å². The number of aliphatic imine (C=N–C) groups is 1. The van der Waals surface area contributed by atoms with Crippen molar-refractivity contribution in [3.05, 3.63) is 35.8 Å². The molecule has 0 bridgehead atoms. The summed E-state index contributed by atoms with van der Waals surface area (Å²) >= 11 is 0. The number of hydrogen-bond acceptors (Lipinski definition) is 3. The lowest BCUT2D eigenvalue weighted by Crippen LogP contribution is -2.31. The minimum Gasteiger partial charge on any atom is -0.403 e. The minimum absolute atomic E-state index is 0.417. The summed E-state index contributed by atoms with van der Waals surface area (Å²) in [6.45, 7) is 1.00. The highest BCUT2D eigenvalue weighted by Gasteiger charge is 2.18. The number of halogens is 1. The Labute approximate surface area is 101 Å². The van der Waals surface area contributed by atoms with Gasteiger partial charge in [-0.2, -0.15) is 0 Å². The van der Waals surface area contributed by atoms with Crippen molar-refractivity contribution in [3.8, 4) is 0 Å². The van der Waals surface area contributed by atoms with Crippen LogP contribution >= 0.6 is 0 Å². The molecule has 1 fully saturated rings. The normalized spacial score (nSPS) is 29.9. The van der Waals surface area contributed by atoms with E-state index in [1.807, 2.05) is 13.1 Å². The summed E-state index contributed by atoms with van der Waals surface area (Å²) in [5.41, 5.74) is 8.44. The predicted octanol–water partition coefficient (Wildman–Crippen LogP) is 2.14. The number of hydrogen-bond donors (Lipinski definition) is 1. The molecule has 0 aromatic carbocycles. The maximum Gasteiger partial charge on any atom is 0.122 e. The monoisotopic (exact) mass is 235 g/mol. The summed E-state index contributed by atoms with van der Waals surface area (Å²) in [4.78, 5) is 6.67. The third kappa shape index (κ3) is 2.75. The summed E-state index contributed by atoms with van der Waals surface area (Å²) in [6, 6.07) is 0. The van der Waals surface area contributed by atoms with E-state index >= 15 is 0 Å². The van der Waals surface area contributed by atoms with Crippen LogP contribution in [0.1, 0.15) is 19.3 Å². The molecule has 0 spiro atoms. The molecule has 2 aliphatic rings. The van der Waals surface area contributed by atoms with E-state index in [4.69, 9.17) is 5.73 Å². The van der Waals surface area contributed by atoms with Crippen LogP contribution in [0.25, 0.3) is 0 Å². The highest BCUT2D eigenvalue weighted by Crippen LogP contribution is 2.20. The van der Waals surface area contributed by atoms with Crippen molar-refractivity contribution in [3.63, 3.8) is 0 Å². The van der Waals surface area contributed by atoms with Crippen LogP contribution in [-0.4, -0.2) is 30.4 Å². The Kier molecular flexibility index (Phi) is 3.61. The van der Waals surface area contributed by atoms with Crippen LogP contribution in [0.3, 0.4) is 0 Å². The van der Waals surface area contributed by atoms with Gasteiger partial charge in [0.1, 0.15) is 6.17 Å². The fourth-order valence-electron chi connectivity index (χ4n) is 2.11. The van der Waals surface area contributed by atoms with E-state index in [-0.39, 0.29) is 0 Å². The first-order valence-corrected chi connectivity index (χ1v) is 5.94. The van der Waals surface area contributed by atoms with Gasteiger partial charge in [-0.25, -0.2) is 4.39 Å². The van der Waals surface area contributed by atoms with E-state index in [9.17, 15) is 4.39 Å². The Morgan fingerprint density at radius 3 is 3.06 bits per heavy atom.